The summed E-state index contributed by atoms with van der Waals surface area (Å²) in [5, 5.41) is 10.8. The molecule has 4 heteroatoms. The third kappa shape index (κ3) is 2.91. The van der Waals surface area contributed by atoms with E-state index in [9.17, 15) is 9.90 Å². The van der Waals surface area contributed by atoms with Gasteiger partial charge in [0.2, 0.25) is 0 Å². The molecule has 0 spiro atoms. The molecule has 1 aromatic carbocycles. The molecule has 1 heterocycles. The lowest BCUT2D eigenvalue weighted by Gasteiger charge is -2.53. The van der Waals surface area contributed by atoms with Crippen molar-refractivity contribution in [3.05, 3.63) is 29.8 Å². The zero-order valence-corrected chi connectivity index (χ0v) is 13.7. The highest BCUT2D eigenvalue weighted by atomic mass is 16.3. The van der Waals surface area contributed by atoms with Crippen molar-refractivity contribution in [3.8, 4) is 0 Å². The summed E-state index contributed by atoms with van der Waals surface area (Å²) in [4.78, 5) is 16.3. The molecule has 0 bridgehead atoms. The van der Waals surface area contributed by atoms with Crippen molar-refractivity contribution in [2.75, 3.05) is 11.4 Å². The predicted octanol–water partition coefficient (Wildman–Crippen LogP) is 3.52. The summed E-state index contributed by atoms with van der Waals surface area (Å²) in [6, 6.07) is 7.60. The SMILES string of the molecule is CCCN1C(=O)N(c2cccc(C)c2)[C@](C)(O)CC1(C)C. The third-order valence-corrected chi connectivity index (χ3v) is 4.11. The molecule has 0 saturated carbocycles. The molecule has 1 aliphatic rings. The highest BCUT2D eigenvalue weighted by molar-refractivity contribution is 5.94. The number of nitrogens with zero attached hydrogens (tertiary/aromatic N) is 2. The Labute approximate surface area is 127 Å². The Morgan fingerprint density at radius 1 is 1.29 bits per heavy atom. The van der Waals surface area contributed by atoms with Crippen molar-refractivity contribution in [2.45, 2.75) is 58.7 Å². The number of urea groups is 1. The summed E-state index contributed by atoms with van der Waals surface area (Å²) < 4.78 is 0. The first-order chi connectivity index (χ1) is 9.69. The summed E-state index contributed by atoms with van der Waals surface area (Å²) in [6.07, 6.45) is 1.42. The minimum Gasteiger partial charge on any atom is -0.371 e. The number of anilines is 1. The number of aliphatic hydroxyl groups is 1. The fourth-order valence-electron chi connectivity index (χ4n) is 3.36. The molecule has 1 aliphatic heterocycles. The molecule has 2 rings (SSSR count). The number of aryl methyl sites for hydroxylation is 1. The molecule has 0 unspecified atom stereocenters. The maximum absolute atomic E-state index is 13.0. The highest BCUT2D eigenvalue weighted by Gasteiger charge is 2.50. The Kier molecular flexibility index (Phi) is 4.02. The van der Waals surface area contributed by atoms with Crippen molar-refractivity contribution in [3.63, 3.8) is 0 Å². The van der Waals surface area contributed by atoms with Gasteiger partial charge in [-0.05, 0) is 51.8 Å². The summed E-state index contributed by atoms with van der Waals surface area (Å²) in [6.45, 7) is 10.5. The van der Waals surface area contributed by atoms with Crippen LogP contribution < -0.4 is 4.90 Å². The lowest BCUT2D eigenvalue weighted by atomic mass is 9.87. The maximum Gasteiger partial charge on any atom is 0.327 e. The van der Waals surface area contributed by atoms with Crippen LogP contribution in [-0.4, -0.2) is 33.8 Å². The molecule has 1 fully saturated rings. The molecule has 2 amide bonds. The number of hydrogen-bond acceptors (Lipinski definition) is 2. The molecule has 1 atom stereocenters. The molecular weight excluding hydrogens is 264 g/mol. The maximum atomic E-state index is 13.0. The standard InChI is InChI=1S/C17H26N2O2/c1-6-10-18-15(20)19(14-9-7-8-13(2)11-14)17(5,21)12-16(18,3)4/h7-9,11,21H,6,10,12H2,1-5H3/t17-/m1/s1. The Morgan fingerprint density at radius 3 is 2.52 bits per heavy atom. The number of rotatable bonds is 3. The van der Waals surface area contributed by atoms with Crippen LogP contribution in [0.3, 0.4) is 0 Å². The number of carbonyl (C=O) groups is 1. The molecule has 116 valence electrons. The monoisotopic (exact) mass is 290 g/mol. The van der Waals surface area contributed by atoms with E-state index in [1.165, 1.54) is 4.90 Å². The Hall–Kier alpha value is -1.55. The van der Waals surface area contributed by atoms with E-state index in [0.717, 1.165) is 17.7 Å². The van der Waals surface area contributed by atoms with Crippen LogP contribution >= 0.6 is 0 Å². The Morgan fingerprint density at radius 2 is 1.95 bits per heavy atom. The second kappa shape index (κ2) is 5.34. The van der Waals surface area contributed by atoms with E-state index >= 15 is 0 Å². The van der Waals surface area contributed by atoms with Gasteiger partial charge in [-0.1, -0.05) is 19.1 Å². The topological polar surface area (TPSA) is 43.8 Å². The van der Waals surface area contributed by atoms with E-state index in [1.807, 2.05) is 49.9 Å². The van der Waals surface area contributed by atoms with Gasteiger partial charge < -0.3 is 10.0 Å². The van der Waals surface area contributed by atoms with Crippen LogP contribution in [0, 0.1) is 6.92 Å². The van der Waals surface area contributed by atoms with Gasteiger partial charge in [0.15, 0.2) is 0 Å². The molecule has 4 nitrogen and oxygen atoms in total. The average molecular weight is 290 g/mol. The fraction of sp³-hybridized carbons (Fsp3) is 0.588. The molecule has 1 N–H and O–H groups in total. The van der Waals surface area contributed by atoms with E-state index in [1.54, 1.807) is 6.92 Å². The van der Waals surface area contributed by atoms with Crippen LogP contribution in [0.2, 0.25) is 0 Å². The van der Waals surface area contributed by atoms with Crippen LogP contribution in [-0.2, 0) is 0 Å². The first-order valence-electron chi connectivity index (χ1n) is 7.60. The van der Waals surface area contributed by atoms with E-state index in [-0.39, 0.29) is 11.6 Å². The van der Waals surface area contributed by atoms with Gasteiger partial charge >= 0.3 is 6.03 Å². The third-order valence-electron chi connectivity index (χ3n) is 4.11. The Balaban J connectivity index is 2.46. The van der Waals surface area contributed by atoms with Crippen molar-refractivity contribution in [1.82, 2.24) is 4.90 Å². The average Bonchev–Trinajstić information content (AvgIpc) is 2.32. The molecular formula is C17H26N2O2. The van der Waals surface area contributed by atoms with Crippen LogP contribution in [0.4, 0.5) is 10.5 Å². The second-order valence-corrected chi connectivity index (χ2v) is 6.81. The summed E-state index contributed by atoms with van der Waals surface area (Å²) in [7, 11) is 0. The fourth-order valence-corrected chi connectivity index (χ4v) is 3.36. The van der Waals surface area contributed by atoms with Gasteiger partial charge in [-0.3, -0.25) is 4.90 Å². The number of benzene rings is 1. The number of hydrogen-bond donors (Lipinski definition) is 1. The van der Waals surface area contributed by atoms with Crippen molar-refractivity contribution >= 4 is 11.7 Å². The lowest BCUT2D eigenvalue weighted by Crippen LogP contribution is -2.68. The molecule has 1 aromatic rings. The minimum atomic E-state index is -1.18. The molecule has 0 aliphatic carbocycles. The van der Waals surface area contributed by atoms with Gasteiger partial charge in [-0.2, -0.15) is 0 Å². The lowest BCUT2D eigenvalue weighted by molar-refractivity contribution is -0.0252. The van der Waals surface area contributed by atoms with Gasteiger partial charge in [0.1, 0.15) is 5.72 Å². The predicted molar refractivity (Wildman–Crippen MR) is 85.4 cm³/mol. The van der Waals surface area contributed by atoms with E-state index in [0.29, 0.717) is 13.0 Å². The van der Waals surface area contributed by atoms with Gasteiger partial charge in [0, 0.05) is 24.2 Å². The molecule has 1 saturated heterocycles. The largest absolute Gasteiger partial charge is 0.371 e. The van der Waals surface area contributed by atoms with Crippen LogP contribution in [0.15, 0.2) is 24.3 Å². The zero-order chi connectivity index (χ0) is 15.8. The van der Waals surface area contributed by atoms with Crippen molar-refractivity contribution < 1.29 is 9.90 Å². The molecule has 0 radical (unpaired) electrons. The van der Waals surface area contributed by atoms with Gasteiger partial charge in [-0.25, -0.2) is 4.79 Å². The second-order valence-electron chi connectivity index (χ2n) is 6.81. The van der Waals surface area contributed by atoms with E-state index in [4.69, 9.17) is 0 Å². The first-order valence-corrected chi connectivity index (χ1v) is 7.60. The van der Waals surface area contributed by atoms with Crippen molar-refractivity contribution in [2.24, 2.45) is 0 Å². The normalized spacial score (nSPS) is 25.3. The number of amides is 2. The minimum absolute atomic E-state index is 0.122. The van der Waals surface area contributed by atoms with Crippen molar-refractivity contribution in [1.29, 1.82) is 0 Å². The summed E-state index contributed by atoms with van der Waals surface area (Å²) >= 11 is 0. The van der Waals surface area contributed by atoms with Crippen LogP contribution in [0.25, 0.3) is 0 Å². The smallest absolute Gasteiger partial charge is 0.327 e. The quantitative estimate of drug-likeness (QED) is 0.925. The molecule has 21 heavy (non-hydrogen) atoms. The van der Waals surface area contributed by atoms with Crippen LogP contribution in [0.1, 0.15) is 46.1 Å². The van der Waals surface area contributed by atoms with Gasteiger partial charge in [0.05, 0.1) is 0 Å². The first kappa shape index (κ1) is 15.8. The van der Waals surface area contributed by atoms with E-state index in [2.05, 4.69) is 6.92 Å². The molecule has 0 aromatic heterocycles. The summed E-state index contributed by atoms with van der Waals surface area (Å²) in [5.41, 5.74) is 0.291. The Bertz CT molecular complexity index is 537. The van der Waals surface area contributed by atoms with Gasteiger partial charge in [0.25, 0.3) is 0 Å². The highest BCUT2D eigenvalue weighted by Crippen LogP contribution is 2.38. The number of carbonyl (C=O) groups excluding carboxylic acids is 1. The van der Waals surface area contributed by atoms with Gasteiger partial charge in [-0.15, -0.1) is 0 Å². The van der Waals surface area contributed by atoms with Crippen LogP contribution in [0.5, 0.6) is 0 Å². The van der Waals surface area contributed by atoms with E-state index < -0.39 is 5.72 Å². The summed E-state index contributed by atoms with van der Waals surface area (Å²) in [5.74, 6) is 0. The zero-order valence-electron chi connectivity index (χ0n) is 13.7.